The third kappa shape index (κ3) is 5.67. The molecule has 2 aromatic carbocycles. The molecule has 0 unspecified atom stereocenters. The molecule has 2 aromatic rings. The molecule has 152 valence electrons. The molecular formula is C23H28N4O2. The fourth-order valence-electron chi connectivity index (χ4n) is 3.40. The average molecular weight is 393 g/mol. The molecule has 0 radical (unpaired) electrons. The highest BCUT2D eigenvalue weighted by molar-refractivity contribution is 6.01. The molecule has 1 heterocycles. The van der Waals surface area contributed by atoms with Gasteiger partial charge >= 0.3 is 0 Å². The molecule has 3 rings (SSSR count). The van der Waals surface area contributed by atoms with Crippen LogP contribution in [0.5, 0.6) is 0 Å². The first-order valence-electron chi connectivity index (χ1n) is 10.2. The molecule has 1 atom stereocenters. The van der Waals surface area contributed by atoms with Crippen LogP contribution in [0.4, 0.5) is 0 Å². The van der Waals surface area contributed by atoms with Crippen molar-refractivity contribution in [2.45, 2.75) is 38.1 Å². The number of rotatable bonds is 8. The van der Waals surface area contributed by atoms with Crippen molar-refractivity contribution < 1.29 is 9.59 Å². The van der Waals surface area contributed by atoms with Crippen molar-refractivity contribution >= 4 is 17.8 Å². The Kier molecular flexibility index (Phi) is 7.39. The maximum Gasteiger partial charge on any atom is 0.249 e. The van der Waals surface area contributed by atoms with Crippen LogP contribution < -0.4 is 16.0 Å². The van der Waals surface area contributed by atoms with Crippen molar-refractivity contribution in [1.29, 1.82) is 0 Å². The molecule has 0 spiro atoms. The summed E-state index contributed by atoms with van der Waals surface area (Å²) in [6.07, 6.45) is 2.37. The summed E-state index contributed by atoms with van der Waals surface area (Å²) < 4.78 is 0. The summed E-state index contributed by atoms with van der Waals surface area (Å²) in [5.41, 5.74) is 1.79. The lowest BCUT2D eigenvalue weighted by molar-refractivity contribution is -0.128. The van der Waals surface area contributed by atoms with Crippen LogP contribution in [0.25, 0.3) is 0 Å². The minimum absolute atomic E-state index is 0.181. The van der Waals surface area contributed by atoms with Crippen LogP contribution in [-0.2, 0) is 9.59 Å². The number of hydrogen-bond donors (Lipinski definition) is 3. The van der Waals surface area contributed by atoms with E-state index in [9.17, 15) is 9.59 Å². The van der Waals surface area contributed by atoms with Crippen LogP contribution in [-0.4, -0.2) is 36.9 Å². The van der Waals surface area contributed by atoms with Gasteiger partial charge in [0.05, 0.1) is 12.5 Å². The molecule has 0 saturated heterocycles. The van der Waals surface area contributed by atoms with Gasteiger partial charge in [0.1, 0.15) is 6.04 Å². The second-order valence-electron chi connectivity index (χ2n) is 7.10. The maximum atomic E-state index is 13.3. The monoisotopic (exact) mass is 392 g/mol. The van der Waals surface area contributed by atoms with Crippen molar-refractivity contribution in [3.05, 3.63) is 71.8 Å². The molecule has 2 amide bonds. The molecule has 0 bridgehead atoms. The van der Waals surface area contributed by atoms with Gasteiger partial charge in [-0.05, 0) is 17.5 Å². The van der Waals surface area contributed by atoms with Gasteiger partial charge < -0.3 is 10.6 Å². The molecule has 6 nitrogen and oxygen atoms in total. The minimum Gasteiger partial charge on any atom is -0.354 e. The minimum atomic E-state index is -0.609. The van der Waals surface area contributed by atoms with Gasteiger partial charge in [0.25, 0.3) is 0 Å². The number of nitrogens with zero attached hydrogens (tertiary/aromatic N) is 1. The zero-order valence-electron chi connectivity index (χ0n) is 16.7. The number of nitrogens with one attached hydrogen (secondary N) is 3. The molecule has 0 saturated carbocycles. The van der Waals surface area contributed by atoms with E-state index in [1.165, 1.54) is 0 Å². The van der Waals surface area contributed by atoms with Crippen LogP contribution in [0.2, 0.25) is 0 Å². The summed E-state index contributed by atoms with van der Waals surface area (Å²) in [4.78, 5) is 30.3. The SMILES string of the molecule is CCCC[C@H](NC(=O)C(c1ccccc1)c1ccccc1)C(=O)NC1=NCCN1. The third-order valence-electron chi connectivity index (χ3n) is 4.92. The molecule has 6 heteroatoms. The van der Waals surface area contributed by atoms with E-state index < -0.39 is 12.0 Å². The second-order valence-corrected chi connectivity index (χ2v) is 7.10. The van der Waals surface area contributed by atoms with Crippen LogP contribution in [0.3, 0.4) is 0 Å². The van der Waals surface area contributed by atoms with E-state index in [4.69, 9.17) is 0 Å². The number of guanidine groups is 1. The van der Waals surface area contributed by atoms with E-state index in [-0.39, 0.29) is 11.8 Å². The first kappa shape index (κ1) is 20.6. The topological polar surface area (TPSA) is 82.6 Å². The van der Waals surface area contributed by atoms with Crippen LogP contribution in [0.15, 0.2) is 65.7 Å². The van der Waals surface area contributed by atoms with Crippen molar-refractivity contribution in [2.24, 2.45) is 4.99 Å². The molecule has 29 heavy (non-hydrogen) atoms. The fourth-order valence-corrected chi connectivity index (χ4v) is 3.40. The number of amides is 2. The van der Waals surface area contributed by atoms with E-state index in [0.29, 0.717) is 25.5 Å². The molecular weight excluding hydrogens is 364 g/mol. The lowest BCUT2D eigenvalue weighted by Gasteiger charge is -2.23. The largest absolute Gasteiger partial charge is 0.354 e. The molecule has 0 fully saturated rings. The first-order chi connectivity index (χ1) is 14.2. The number of hydrogen-bond acceptors (Lipinski definition) is 4. The Morgan fingerprint density at radius 1 is 1.00 bits per heavy atom. The van der Waals surface area contributed by atoms with E-state index in [2.05, 4.69) is 27.9 Å². The lowest BCUT2D eigenvalue weighted by Crippen LogP contribution is -2.51. The Morgan fingerprint density at radius 3 is 2.14 bits per heavy atom. The van der Waals surface area contributed by atoms with Gasteiger partial charge in [0.15, 0.2) is 5.96 Å². The van der Waals surface area contributed by atoms with Crippen molar-refractivity contribution in [3.63, 3.8) is 0 Å². The fraction of sp³-hybridized carbons (Fsp3) is 0.348. The van der Waals surface area contributed by atoms with Gasteiger partial charge in [-0.3, -0.25) is 19.9 Å². The summed E-state index contributed by atoms with van der Waals surface area (Å²) in [7, 11) is 0. The second kappa shape index (κ2) is 10.4. The van der Waals surface area contributed by atoms with Crippen LogP contribution in [0, 0.1) is 0 Å². The highest BCUT2D eigenvalue weighted by atomic mass is 16.2. The summed E-state index contributed by atoms with van der Waals surface area (Å²) in [6, 6.07) is 18.7. The molecule has 3 N–H and O–H groups in total. The van der Waals surface area contributed by atoms with Crippen LogP contribution >= 0.6 is 0 Å². The van der Waals surface area contributed by atoms with Gasteiger partial charge in [-0.15, -0.1) is 0 Å². The van der Waals surface area contributed by atoms with Gasteiger partial charge in [0, 0.05) is 6.54 Å². The molecule has 1 aliphatic heterocycles. The van der Waals surface area contributed by atoms with E-state index in [0.717, 1.165) is 24.0 Å². The Labute approximate surface area is 171 Å². The van der Waals surface area contributed by atoms with E-state index >= 15 is 0 Å². The number of unbranched alkanes of at least 4 members (excludes halogenated alkanes) is 1. The van der Waals surface area contributed by atoms with E-state index in [1.807, 2.05) is 60.7 Å². The Morgan fingerprint density at radius 2 is 1.62 bits per heavy atom. The normalized spacial score (nSPS) is 14.1. The van der Waals surface area contributed by atoms with Gasteiger partial charge in [0.2, 0.25) is 11.8 Å². The molecule has 0 aromatic heterocycles. The Hall–Kier alpha value is -3.15. The zero-order chi connectivity index (χ0) is 20.5. The molecule has 0 aliphatic carbocycles. The summed E-state index contributed by atoms with van der Waals surface area (Å²) in [5.74, 6) is -0.413. The first-order valence-corrected chi connectivity index (χ1v) is 10.2. The van der Waals surface area contributed by atoms with Gasteiger partial charge in [-0.25, -0.2) is 0 Å². The van der Waals surface area contributed by atoms with Crippen molar-refractivity contribution in [1.82, 2.24) is 16.0 Å². The zero-order valence-corrected chi connectivity index (χ0v) is 16.7. The Balaban J connectivity index is 1.80. The summed E-state index contributed by atoms with van der Waals surface area (Å²) >= 11 is 0. The number of carbonyl (C=O) groups excluding carboxylic acids is 2. The predicted octanol–water partition coefficient (Wildman–Crippen LogP) is 2.57. The van der Waals surface area contributed by atoms with E-state index in [1.54, 1.807) is 0 Å². The smallest absolute Gasteiger partial charge is 0.249 e. The number of aliphatic imine (C=N–C) groups is 1. The Bertz CT molecular complexity index is 797. The number of benzene rings is 2. The summed E-state index contributed by atoms with van der Waals surface area (Å²) in [6.45, 7) is 3.42. The summed E-state index contributed by atoms with van der Waals surface area (Å²) in [5, 5.41) is 8.82. The highest BCUT2D eigenvalue weighted by Gasteiger charge is 2.28. The van der Waals surface area contributed by atoms with Crippen molar-refractivity contribution in [3.8, 4) is 0 Å². The van der Waals surface area contributed by atoms with Gasteiger partial charge in [-0.1, -0.05) is 80.4 Å². The standard InChI is InChI=1S/C23H28N4O2/c1-2-3-14-19(21(28)27-23-24-15-16-25-23)26-22(29)20(17-10-6-4-7-11-17)18-12-8-5-9-13-18/h4-13,19-20H,2-3,14-16H2,1H3,(H,26,29)(H2,24,25,27,28)/t19-/m0/s1. The predicted molar refractivity (Wildman–Crippen MR) is 115 cm³/mol. The quantitative estimate of drug-likeness (QED) is 0.646. The van der Waals surface area contributed by atoms with Gasteiger partial charge in [-0.2, -0.15) is 0 Å². The third-order valence-corrected chi connectivity index (χ3v) is 4.92. The highest BCUT2D eigenvalue weighted by Crippen LogP contribution is 2.25. The van der Waals surface area contributed by atoms with Crippen molar-refractivity contribution in [2.75, 3.05) is 13.1 Å². The number of carbonyl (C=O) groups is 2. The lowest BCUT2D eigenvalue weighted by atomic mass is 9.90. The molecule has 1 aliphatic rings. The average Bonchev–Trinajstić information content (AvgIpc) is 3.26. The van der Waals surface area contributed by atoms with Crippen LogP contribution in [0.1, 0.15) is 43.2 Å². The maximum absolute atomic E-state index is 13.3.